The highest BCUT2D eigenvalue weighted by atomic mass is 16.5. The lowest BCUT2D eigenvalue weighted by Gasteiger charge is -2.22. The van der Waals surface area contributed by atoms with Crippen LogP contribution >= 0.6 is 0 Å². The number of para-hydroxylation sites is 1. The number of ether oxygens (including phenoxy) is 1. The number of methoxy groups -OCH3 is 1. The third-order valence-corrected chi connectivity index (χ3v) is 4.90. The van der Waals surface area contributed by atoms with Gasteiger partial charge in [-0.25, -0.2) is 9.59 Å². The Morgan fingerprint density at radius 2 is 1.65 bits per heavy atom. The van der Waals surface area contributed by atoms with Crippen LogP contribution in [0.2, 0.25) is 0 Å². The van der Waals surface area contributed by atoms with Crippen LogP contribution in [-0.2, 0) is 14.3 Å². The average molecular weight is 424 g/mol. The molecule has 1 aliphatic heterocycles. The fourth-order valence-electron chi connectivity index (χ4n) is 3.39. The third-order valence-electron chi connectivity index (χ3n) is 4.90. The van der Waals surface area contributed by atoms with E-state index >= 15 is 0 Å². The summed E-state index contributed by atoms with van der Waals surface area (Å²) in [6.07, 6.45) is 0.229. The zero-order valence-corrected chi connectivity index (χ0v) is 17.0. The normalized spacial score (nSPS) is 17.5. The number of hydrogen-bond donors (Lipinski definition) is 3. The highest BCUT2D eigenvalue weighted by molar-refractivity contribution is 5.95. The second kappa shape index (κ2) is 10.2. The Morgan fingerprint density at radius 3 is 2.29 bits per heavy atom. The molecule has 3 rings (SSSR count). The van der Waals surface area contributed by atoms with Crippen molar-refractivity contribution in [3.63, 3.8) is 0 Å². The molecule has 1 fully saturated rings. The first-order chi connectivity index (χ1) is 15.0. The minimum absolute atomic E-state index is 0.138. The van der Waals surface area contributed by atoms with Crippen molar-refractivity contribution in [1.82, 2.24) is 15.5 Å². The molecule has 162 valence electrons. The topological polar surface area (TPSA) is 117 Å². The first-order valence-corrected chi connectivity index (χ1v) is 9.81. The standard InChI is InChI=1S/C22H24N4O5/c1-31-21(29)18-12-17(24-20(28)15-8-4-2-5-9-15)14-26(18)19(27)13-23-22(30)25-16-10-6-3-7-11-16/h2-11,17-18H,12-14H2,1H3,(H,24,28)(H2,23,25,30)/t17-,18+/m1/s1. The summed E-state index contributed by atoms with van der Waals surface area (Å²) in [6.45, 7) is -0.162. The van der Waals surface area contributed by atoms with Crippen molar-refractivity contribution in [2.75, 3.05) is 25.5 Å². The van der Waals surface area contributed by atoms with E-state index in [1.54, 1.807) is 54.6 Å². The highest BCUT2D eigenvalue weighted by Crippen LogP contribution is 2.20. The molecule has 2 atom stereocenters. The maximum Gasteiger partial charge on any atom is 0.328 e. The number of carbonyl (C=O) groups excluding carboxylic acids is 4. The first-order valence-electron chi connectivity index (χ1n) is 9.81. The molecule has 0 radical (unpaired) electrons. The minimum atomic E-state index is -0.836. The van der Waals surface area contributed by atoms with Crippen molar-refractivity contribution >= 4 is 29.5 Å². The van der Waals surface area contributed by atoms with E-state index < -0.39 is 30.0 Å². The number of benzene rings is 2. The molecule has 0 unspecified atom stereocenters. The van der Waals surface area contributed by atoms with Gasteiger partial charge in [0, 0.05) is 30.3 Å². The lowest BCUT2D eigenvalue weighted by Crippen LogP contribution is -2.47. The van der Waals surface area contributed by atoms with Crippen LogP contribution in [0, 0.1) is 0 Å². The van der Waals surface area contributed by atoms with Gasteiger partial charge in [-0.2, -0.15) is 0 Å². The Hall–Kier alpha value is -3.88. The molecule has 0 saturated carbocycles. The summed E-state index contributed by atoms with van der Waals surface area (Å²) in [6, 6.07) is 15.7. The number of nitrogens with one attached hydrogen (secondary N) is 3. The molecule has 0 bridgehead atoms. The van der Waals surface area contributed by atoms with Crippen LogP contribution in [0.5, 0.6) is 0 Å². The van der Waals surface area contributed by atoms with Gasteiger partial charge in [-0.15, -0.1) is 0 Å². The fourth-order valence-corrected chi connectivity index (χ4v) is 3.39. The molecule has 0 aromatic heterocycles. The number of likely N-dealkylation sites (tertiary alicyclic amines) is 1. The van der Waals surface area contributed by atoms with E-state index in [2.05, 4.69) is 16.0 Å². The maximum atomic E-state index is 12.7. The van der Waals surface area contributed by atoms with E-state index in [4.69, 9.17) is 4.74 Å². The Balaban J connectivity index is 1.58. The van der Waals surface area contributed by atoms with Crippen molar-refractivity contribution in [1.29, 1.82) is 0 Å². The van der Waals surface area contributed by atoms with Crippen LogP contribution in [0.3, 0.4) is 0 Å². The van der Waals surface area contributed by atoms with Crippen LogP contribution in [-0.4, -0.2) is 61.0 Å². The molecule has 9 nitrogen and oxygen atoms in total. The van der Waals surface area contributed by atoms with Crippen molar-refractivity contribution in [3.8, 4) is 0 Å². The van der Waals surface area contributed by atoms with Crippen LogP contribution in [0.15, 0.2) is 60.7 Å². The summed E-state index contributed by atoms with van der Waals surface area (Å²) in [7, 11) is 1.24. The van der Waals surface area contributed by atoms with Crippen molar-refractivity contribution in [2.24, 2.45) is 0 Å². The average Bonchev–Trinajstić information content (AvgIpc) is 3.22. The second-order valence-electron chi connectivity index (χ2n) is 7.03. The predicted octanol–water partition coefficient (Wildman–Crippen LogP) is 1.38. The number of carbonyl (C=O) groups is 4. The van der Waals surface area contributed by atoms with Crippen molar-refractivity contribution < 1.29 is 23.9 Å². The van der Waals surface area contributed by atoms with Gasteiger partial charge < -0.3 is 25.6 Å². The number of rotatable bonds is 6. The number of anilines is 1. The summed E-state index contributed by atoms with van der Waals surface area (Å²) in [5.41, 5.74) is 1.07. The van der Waals surface area contributed by atoms with Crippen LogP contribution in [0.1, 0.15) is 16.8 Å². The molecule has 31 heavy (non-hydrogen) atoms. The number of urea groups is 1. The number of hydrogen-bond acceptors (Lipinski definition) is 5. The summed E-state index contributed by atoms with van der Waals surface area (Å²) in [5.74, 6) is -1.31. The van der Waals surface area contributed by atoms with Crippen LogP contribution < -0.4 is 16.0 Å². The summed E-state index contributed by atoms with van der Waals surface area (Å²) < 4.78 is 4.81. The molecule has 3 N–H and O–H groups in total. The number of amides is 4. The van der Waals surface area contributed by atoms with Gasteiger partial charge in [-0.3, -0.25) is 9.59 Å². The van der Waals surface area contributed by atoms with Gasteiger partial charge in [0.1, 0.15) is 6.04 Å². The third kappa shape index (κ3) is 5.81. The Labute approximate surface area is 179 Å². The zero-order chi connectivity index (χ0) is 22.2. The Bertz CT molecular complexity index is 935. The SMILES string of the molecule is COC(=O)[C@@H]1C[C@@H](NC(=O)c2ccccc2)CN1C(=O)CNC(=O)Nc1ccccc1. The van der Waals surface area contributed by atoms with E-state index in [-0.39, 0.29) is 25.4 Å². The molecule has 4 amide bonds. The quantitative estimate of drug-likeness (QED) is 0.606. The van der Waals surface area contributed by atoms with Gasteiger partial charge in [-0.05, 0) is 24.3 Å². The van der Waals surface area contributed by atoms with Crippen molar-refractivity contribution in [3.05, 3.63) is 66.2 Å². The van der Waals surface area contributed by atoms with Gasteiger partial charge in [-0.1, -0.05) is 36.4 Å². The van der Waals surface area contributed by atoms with E-state index in [1.165, 1.54) is 12.0 Å². The first kappa shape index (κ1) is 21.8. The van der Waals surface area contributed by atoms with Crippen LogP contribution in [0.4, 0.5) is 10.5 Å². The summed E-state index contributed by atoms with van der Waals surface area (Å²) in [5, 5.41) is 7.95. The lowest BCUT2D eigenvalue weighted by atomic mass is 10.1. The molecular formula is C22H24N4O5. The van der Waals surface area contributed by atoms with E-state index in [0.29, 0.717) is 11.3 Å². The van der Waals surface area contributed by atoms with E-state index in [0.717, 1.165) is 0 Å². The molecule has 0 aliphatic carbocycles. The summed E-state index contributed by atoms with van der Waals surface area (Å²) >= 11 is 0. The fraction of sp³-hybridized carbons (Fsp3) is 0.273. The molecule has 2 aromatic carbocycles. The Kier molecular flexibility index (Phi) is 7.21. The molecule has 1 aliphatic rings. The highest BCUT2D eigenvalue weighted by Gasteiger charge is 2.40. The largest absolute Gasteiger partial charge is 0.467 e. The van der Waals surface area contributed by atoms with Gasteiger partial charge in [0.25, 0.3) is 5.91 Å². The predicted molar refractivity (Wildman–Crippen MR) is 113 cm³/mol. The van der Waals surface area contributed by atoms with Gasteiger partial charge in [0.2, 0.25) is 5.91 Å². The smallest absolute Gasteiger partial charge is 0.328 e. The van der Waals surface area contributed by atoms with Gasteiger partial charge >= 0.3 is 12.0 Å². The minimum Gasteiger partial charge on any atom is -0.467 e. The molecule has 1 saturated heterocycles. The molecule has 0 spiro atoms. The Morgan fingerprint density at radius 1 is 1.00 bits per heavy atom. The number of nitrogens with zero attached hydrogens (tertiary/aromatic N) is 1. The second-order valence-corrected chi connectivity index (χ2v) is 7.03. The van der Waals surface area contributed by atoms with Crippen LogP contribution in [0.25, 0.3) is 0 Å². The van der Waals surface area contributed by atoms with E-state index in [1.807, 2.05) is 6.07 Å². The monoisotopic (exact) mass is 424 g/mol. The van der Waals surface area contributed by atoms with E-state index in [9.17, 15) is 19.2 Å². The zero-order valence-electron chi connectivity index (χ0n) is 17.0. The molecule has 2 aromatic rings. The van der Waals surface area contributed by atoms with Gasteiger partial charge in [0.15, 0.2) is 0 Å². The summed E-state index contributed by atoms with van der Waals surface area (Å²) in [4.78, 5) is 50.6. The molecular weight excluding hydrogens is 400 g/mol. The number of esters is 1. The van der Waals surface area contributed by atoms with Gasteiger partial charge in [0.05, 0.1) is 13.7 Å². The molecule has 9 heteroatoms. The maximum absolute atomic E-state index is 12.7. The lowest BCUT2D eigenvalue weighted by molar-refractivity contribution is -0.150. The van der Waals surface area contributed by atoms with Crippen molar-refractivity contribution in [2.45, 2.75) is 18.5 Å². The molecule has 1 heterocycles.